The Morgan fingerprint density at radius 2 is 2.00 bits per heavy atom. The second-order valence-corrected chi connectivity index (χ2v) is 6.04. The van der Waals surface area contributed by atoms with E-state index in [1.165, 1.54) is 38.6 Å². The lowest BCUT2D eigenvalue weighted by atomic mass is 10.0. The van der Waals surface area contributed by atoms with Crippen LogP contribution in [0.4, 0.5) is 13.2 Å². The maximum absolute atomic E-state index is 13.6. The molecule has 3 aromatic heterocycles. The van der Waals surface area contributed by atoms with Gasteiger partial charge in [0, 0.05) is 36.3 Å². The molecule has 142 valence electrons. The van der Waals surface area contributed by atoms with Gasteiger partial charge in [0.05, 0.1) is 18.4 Å². The summed E-state index contributed by atoms with van der Waals surface area (Å²) in [6, 6.07) is 3.54. The first-order valence-corrected chi connectivity index (χ1v) is 8.05. The molecule has 0 saturated heterocycles. The van der Waals surface area contributed by atoms with Gasteiger partial charge in [-0.15, -0.1) is 0 Å². The van der Waals surface area contributed by atoms with Crippen LogP contribution in [0.15, 0.2) is 36.8 Å². The number of imidazole rings is 1. The number of nitrogens with two attached hydrogens (primary N) is 1. The van der Waals surface area contributed by atoms with Crippen LogP contribution in [-0.4, -0.2) is 33.5 Å². The molecule has 2 N–H and O–H groups in total. The number of ether oxygens (including phenoxy) is 1. The number of aryl methyl sites for hydroxylation is 1. The molecule has 0 aliphatic carbocycles. The second kappa shape index (κ2) is 6.99. The molecule has 0 fully saturated rings. The highest BCUT2D eigenvalue weighted by Gasteiger charge is 2.37. The van der Waals surface area contributed by atoms with E-state index < -0.39 is 23.8 Å². The van der Waals surface area contributed by atoms with Gasteiger partial charge in [-0.05, 0) is 30.7 Å². The Balaban J connectivity index is 2.15. The van der Waals surface area contributed by atoms with E-state index in [0.717, 1.165) is 0 Å². The number of nitrogens with zero attached hydrogens (tertiary/aromatic N) is 3. The molecule has 1 atom stereocenters. The number of aromatic nitrogens is 3. The third-order valence-corrected chi connectivity index (χ3v) is 4.26. The number of rotatable bonds is 4. The molecule has 0 bridgehead atoms. The van der Waals surface area contributed by atoms with Crippen molar-refractivity contribution in [1.29, 1.82) is 0 Å². The van der Waals surface area contributed by atoms with Crippen LogP contribution in [0.1, 0.15) is 16.8 Å². The van der Waals surface area contributed by atoms with Crippen molar-refractivity contribution in [2.45, 2.75) is 25.6 Å². The van der Waals surface area contributed by atoms with E-state index in [1.54, 1.807) is 16.7 Å². The monoisotopic (exact) mass is 378 g/mol. The van der Waals surface area contributed by atoms with Gasteiger partial charge in [0.1, 0.15) is 11.7 Å². The number of hydrogen-bond donors (Lipinski definition) is 1. The highest BCUT2D eigenvalue weighted by atomic mass is 19.4. The highest BCUT2D eigenvalue weighted by Crippen LogP contribution is 2.39. The minimum atomic E-state index is -4.55. The van der Waals surface area contributed by atoms with Crippen molar-refractivity contribution in [3.8, 4) is 11.3 Å². The van der Waals surface area contributed by atoms with Crippen LogP contribution in [0.2, 0.25) is 0 Å². The van der Waals surface area contributed by atoms with Gasteiger partial charge in [-0.25, -0.2) is 4.98 Å². The van der Waals surface area contributed by atoms with Gasteiger partial charge >= 0.3 is 12.1 Å². The van der Waals surface area contributed by atoms with Crippen molar-refractivity contribution in [3.05, 3.63) is 53.6 Å². The molecule has 0 radical (unpaired) electrons. The molecular weight excluding hydrogens is 361 g/mol. The summed E-state index contributed by atoms with van der Waals surface area (Å²) in [5.74, 6) is -0.577. The third kappa shape index (κ3) is 3.50. The Morgan fingerprint density at radius 3 is 2.67 bits per heavy atom. The van der Waals surface area contributed by atoms with Gasteiger partial charge in [0.15, 0.2) is 0 Å². The molecule has 9 heteroatoms. The predicted octanol–water partition coefficient (Wildman–Crippen LogP) is 2.77. The SMILES string of the molecule is COC(=O)[C@@H](N)Cc1ccc(-c2nccc(C)c2C(F)(F)F)c2nccn12. The number of esters is 1. The van der Waals surface area contributed by atoms with Crippen LogP contribution in [-0.2, 0) is 22.1 Å². The van der Waals surface area contributed by atoms with E-state index >= 15 is 0 Å². The average molecular weight is 378 g/mol. The molecule has 0 aliphatic heterocycles. The first kappa shape index (κ1) is 18.8. The van der Waals surface area contributed by atoms with Crippen molar-refractivity contribution >= 4 is 11.6 Å². The molecule has 0 saturated carbocycles. The van der Waals surface area contributed by atoms with Crippen molar-refractivity contribution in [1.82, 2.24) is 14.4 Å². The molecule has 3 rings (SSSR count). The van der Waals surface area contributed by atoms with Crippen LogP contribution in [0.3, 0.4) is 0 Å². The zero-order valence-electron chi connectivity index (χ0n) is 14.6. The number of pyridine rings is 2. The second-order valence-electron chi connectivity index (χ2n) is 6.04. The van der Waals surface area contributed by atoms with Crippen LogP contribution in [0.25, 0.3) is 16.9 Å². The summed E-state index contributed by atoms with van der Waals surface area (Å²) in [6.07, 6.45) is -0.00688. The molecule has 3 aromatic rings. The fourth-order valence-electron chi connectivity index (χ4n) is 3.00. The van der Waals surface area contributed by atoms with Crippen LogP contribution in [0.5, 0.6) is 0 Å². The largest absolute Gasteiger partial charge is 0.468 e. The van der Waals surface area contributed by atoms with Crippen molar-refractivity contribution in [3.63, 3.8) is 0 Å². The molecule has 27 heavy (non-hydrogen) atoms. The van der Waals surface area contributed by atoms with Crippen molar-refractivity contribution in [2.24, 2.45) is 5.73 Å². The molecular formula is C18H17F3N4O2. The van der Waals surface area contributed by atoms with E-state index in [2.05, 4.69) is 14.7 Å². The van der Waals surface area contributed by atoms with Gasteiger partial charge in [0.25, 0.3) is 0 Å². The first-order chi connectivity index (χ1) is 12.7. The summed E-state index contributed by atoms with van der Waals surface area (Å²) in [6.45, 7) is 1.39. The molecule has 0 aliphatic rings. The number of halogens is 3. The molecule has 0 unspecified atom stereocenters. The smallest absolute Gasteiger partial charge is 0.418 e. The summed E-state index contributed by atoms with van der Waals surface area (Å²) in [4.78, 5) is 19.7. The number of hydrogen-bond acceptors (Lipinski definition) is 5. The van der Waals surface area contributed by atoms with Crippen LogP contribution >= 0.6 is 0 Å². The number of methoxy groups -OCH3 is 1. The Kier molecular flexibility index (Phi) is 4.88. The average Bonchev–Trinajstić information content (AvgIpc) is 3.10. The maximum Gasteiger partial charge on any atom is 0.418 e. The van der Waals surface area contributed by atoms with Crippen LogP contribution < -0.4 is 5.73 Å². The topological polar surface area (TPSA) is 82.5 Å². The maximum atomic E-state index is 13.6. The van der Waals surface area contributed by atoms with Gasteiger partial charge < -0.3 is 14.9 Å². The van der Waals surface area contributed by atoms with Crippen molar-refractivity contribution < 1.29 is 22.7 Å². The van der Waals surface area contributed by atoms with Gasteiger partial charge in [-0.3, -0.25) is 9.78 Å². The summed E-state index contributed by atoms with van der Waals surface area (Å²) in [5, 5.41) is 0. The van der Waals surface area contributed by atoms with E-state index in [9.17, 15) is 18.0 Å². The fraction of sp³-hybridized carbons (Fsp3) is 0.278. The highest BCUT2D eigenvalue weighted by molar-refractivity contribution is 5.79. The summed E-state index contributed by atoms with van der Waals surface area (Å²) < 4.78 is 46.9. The quantitative estimate of drug-likeness (QED) is 0.706. The zero-order chi connectivity index (χ0) is 19.8. The molecule has 0 aromatic carbocycles. The molecule has 6 nitrogen and oxygen atoms in total. The van der Waals surface area contributed by atoms with E-state index in [0.29, 0.717) is 11.3 Å². The van der Waals surface area contributed by atoms with Gasteiger partial charge in [-0.2, -0.15) is 13.2 Å². The normalized spacial score (nSPS) is 13.0. The standard InChI is InChI=1S/C18H17F3N4O2/c1-10-5-6-23-15(14(10)18(19,20)21)12-4-3-11(9-13(22)17(26)27-2)25-8-7-24-16(12)25/h3-8,13H,9,22H2,1-2H3/t13-/m0/s1. The van der Waals surface area contributed by atoms with Crippen LogP contribution in [0, 0.1) is 6.92 Å². The van der Waals surface area contributed by atoms with E-state index in [4.69, 9.17) is 5.73 Å². The lowest BCUT2D eigenvalue weighted by Crippen LogP contribution is -2.34. The Hall–Kier alpha value is -2.94. The molecule has 0 spiro atoms. The summed E-state index contributed by atoms with van der Waals surface area (Å²) in [5.41, 5.74) is 6.05. The van der Waals surface area contributed by atoms with E-state index in [-0.39, 0.29) is 23.2 Å². The number of carbonyl (C=O) groups is 1. The number of fused-ring (bicyclic) bond motifs is 1. The third-order valence-electron chi connectivity index (χ3n) is 4.26. The Morgan fingerprint density at radius 1 is 1.26 bits per heavy atom. The summed E-state index contributed by atoms with van der Waals surface area (Å²) in [7, 11) is 1.24. The predicted molar refractivity (Wildman–Crippen MR) is 91.9 cm³/mol. The first-order valence-electron chi connectivity index (χ1n) is 8.05. The number of alkyl halides is 3. The minimum Gasteiger partial charge on any atom is -0.468 e. The Bertz CT molecular complexity index is 998. The van der Waals surface area contributed by atoms with Gasteiger partial charge in [-0.1, -0.05) is 0 Å². The number of carbonyl (C=O) groups excluding carboxylic acids is 1. The minimum absolute atomic E-state index is 0.0778. The molecule has 3 heterocycles. The lowest BCUT2D eigenvalue weighted by Gasteiger charge is -2.16. The fourth-order valence-corrected chi connectivity index (χ4v) is 3.00. The Labute approximate surface area is 152 Å². The summed E-state index contributed by atoms with van der Waals surface area (Å²) >= 11 is 0. The molecule has 0 amide bonds. The zero-order valence-corrected chi connectivity index (χ0v) is 14.6. The lowest BCUT2D eigenvalue weighted by molar-refractivity contribution is -0.142. The van der Waals surface area contributed by atoms with Gasteiger partial charge in [0.2, 0.25) is 0 Å². The van der Waals surface area contributed by atoms with E-state index in [1.807, 2.05) is 0 Å². The van der Waals surface area contributed by atoms with Crippen molar-refractivity contribution in [2.75, 3.05) is 7.11 Å².